The van der Waals surface area contributed by atoms with Crippen LogP contribution in [0.4, 0.5) is 0 Å². The van der Waals surface area contributed by atoms with Crippen LogP contribution in [0.1, 0.15) is 37.0 Å². The maximum atomic E-state index is 12.0. The number of nitrogens with one attached hydrogen (secondary N) is 1. The Bertz CT molecular complexity index is 686. The maximum Gasteiger partial charge on any atom is 0.224 e. The van der Waals surface area contributed by atoms with Crippen LogP contribution in [-0.2, 0) is 24.1 Å². The van der Waals surface area contributed by atoms with Crippen LogP contribution in [0.5, 0.6) is 0 Å². The highest BCUT2D eigenvalue weighted by molar-refractivity contribution is 5.88. The van der Waals surface area contributed by atoms with E-state index in [1.54, 1.807) is 6.26 Å². The number of aryl methyl sites for hydroxylation is 2. The Balaban J connectivity index is 0.00000176. The number of amides is 1. The van der Waals surface area contributed by atoms with Gasteiger partial charge in [-0.2, -0.15) is 0 Å². The molecule has 120 valence electrons. The lowest BCUT2D eigenvalue weighted by Crippen LogP contribution is -2.45. The number of carbonyl (C=O) groups excluding carboxylic acids is 1. The minimum atomic E-state index is -0.394. The van der Waals surface area contributed by atoms with Gasteiger partial charge >= 0.3 is 0 Å². The van der Waals surface area contributed by atoms with Gasteiger partial charge in [0.05, 0.1) is 12.7 Å². The predicted molar refractivity (Wildman–Crippen MR) is 90.5 cm³/mol. The molecular formula is C17H23ClN2O2. The van der Waals surface area contributed by atoms with Crippen LogP contribution in [0.25, 0.3) is 11.0 Å². The van der Waals surface area contributed by atoms with Crippen LogP contribution in [-0.4, -0.2) is 18.0 Å². The SMILES string of the molecule is CC(C)(N)CNC(=O)Cc1coc2cc3c(cc12)CCC3.Cl. The van der Waals surface area contributed by atoms with E-state index in [4.69, 9.17) is 10.2 Å². The normalized spacial score (nSPS) is 13.8. The van der Waals surface area contributed by atoms with Crippen LogP contribution in [0.2, 0.25) is 0 Å². The molecule has 0 spiro atoms. The molecule has 3 rings (SSSR count). The molecule has 0 atom stereocenters. The first-order chi connectivity index (χ1) is 9.92. The van der Waals surface area contributed by atoms with Gasteiger partial charge in [0.1, 0.15) is 5.58 Å². The lowest BCUT2D eigenvalue weighted by Gasteiger charge is -2.18. The summed E-state index contributed by atoms with van der Waals surface area (Å²) in [6.07, 6.45) is 5.51. The molecule has 0 radical (unpaired) electrons. The number of nitrogens with two attached hydrogens (primary N) is 1. The predicted octanol–water partition coefficient (Wildman–Crippen LogP) is 2.74. The molecule has 3 N–H and O–H groups in total. The van der Waals surface area contributed by atoms with Gasteiger partial charge in [-0.25, -0.2) is 0 Å². The summed E-state index contributed by atoms with van der Waals surface area (Å²) in [6.45, 7) is 4.25. The second-order valence-corrected chi connectivity index (χ2v) is 6.67. The molecule has 1 aliphatic carbocycles. The van der Waals surface area contributed by atoms with Crippen LogP contribution in [0.3, 0.4) is 0 Å². The van der Waals surface area contributed by atoms with Crippen molar-refractivity contribution in [1.82, 2.24) is 5.32 Å². The second kappa shape index (κ2) is 6.31. The van der Waals surface area contributed by atoms with Gasteiger partial charge < -0.3 is 15.5 Å². The number of rotatable bonds is 4. The zero-order valence-electron chi connectivity index (χ0n) is 13.1. The second-order valence-electron chi connectivity index (χ2n) is 6.67. The number of carbonyl (C=O) groups is 1. The summed E-state index contributed by atoms with van der Waals surface area (Å²) in [6, 6.07) is 4.32. The van der Waals surface area contributed by atoms with Crippen molar-refractivity contribution in [3.05, 3.63) is 35.1 Å². The molecule has 1 aromatic carbocycles. The lowest BCUT2D eigenvalue weighted by molar-refractivity contribution is -0.120. The van der Waals surface area contributed by atoms with Gasteiger partial charge in [0.15, 0.2) is 0 Å². The van der Waals surface area contributed by atoms with Crippen LogP contribution in [0.15, 0.2) is 22.8 Å². The third-order valence-electron chi connectivity index (χ3n) is 3.96. The Hall–Kier alpha value is -1.52. The van der Waals surface area contributed by atoms with Crippen molar-refractivity contribution in [2.24, 2.45) is 5.73 Å². The fourth-order valence-corrected chi connectivity index (χ4v) is 2.85. The molecule has 1 amide bonds. The molecule has 2 aromatic rings. The van der Waals surface area contributed by atoms with E-state index < -0.39 is 5.54 Å². The average Bonchev–Trinajstić information content (AvgIpc) is 3.00. The Morgan fingerprint density at radius 2 is 2.00 bits per heavy atom. The lowest BCUT2D eigenvalue weighted by atomic mass is 10.0. The van der Waals surface area contributed by atoms with E-state index in [9.17, 15) is 4.79 Å². The summed E-state index contributed by atoms with van der Waals surface area (Å²) < 4.78 is 5.62. The minimum Gasteiger partial charge on any atom is -0.464 e. The molecule has 0 saturated carbocycles. The topological polar surface area (TPSA) is 68.3 Å². The quantitative estimate of drug-likeness (QED) is 0.909. The van der Waals surface area contributed by atoms with Crippen molar-refractivity contribution in [2.45, 2.75) is 45.1 Å². The molecule has 0 saturated heterocycles. The smallest absolute Gasteiger partial charge is 0.224 e. The summed E-state index contributed by atoms with van der Waals surface area (Å²) in [7, 11) is 0. The van der Waals surface area contributed by atoms with E-state index in [1.807, 2.05) is 13.8 Å². The van der Waals surface area contributed by atoms with E-state index in [1.165, 1.54) is 17.5 Å². The number of hydrogen-bond acceptors (Lipinski definition) is 3. The molecule has 0 bridgehead atoms. The fraction of sp³-hybridized carbons (Fsp3) is 0.471. The molecule has 1 aliphatic rings. The Kier molecular flexibility index (Phi) is 4.83. The summed E-state index contributed by atoms with van der Waals surface area (Å²) in [4.78, 5) is 12.0. The standard InChI is InChI=1S/C17H22N2O2.ClH/c1-17(2,18)10-19-16(20)8-13-9-21-15-7-12-5-3-4-11(12)6-14(13)15;/h6-7,9H,3-5,8,10,18H2,1-2H3,(H,19,20);1H. The highest BCUT2D eigenvalue weighted by Crippen LogP contribution is 2.30. The van der Waals surface area contributed by atoms with Gasteiger partial charge in [-0.15, -0.1) is 12.4 Å². The van der Waals surface area contributed by atoms with Gasteiger partial charge in [0.2, 0.25) is 5.91 Å². The molecule has 22 heavy (non-hydrogen) atoms. The van der Waals surface area contributed by atoms with Crippen molar-refractivity contribution in [3.63, 3.8) is 0 Å². The molecule has 1 heterocycles. The molecule has 0 aliphatic heterocycles. The maximum absolute atomic E-state index is 12.0. The first kappa shape index (κ1) is 16.8. The van der Waals surface area contributed by atoms with E-state index in [0.717, 1.165) is 29.4 Å². The van der Waals surface area contributed by atoms with Crippen LogP contribution < -0.4 is 11.1 Å². The zero-order chi connectivity index (χ0) is 15.0. The number of fused-ring (bicyclic) bond motifs is 2. The average molecular weight is 323 g/mol. The highest BCUT2D eigenvalue weighted by atomic mass is 35.5. The van der Waals surface area contributed by atoms with E-state index in [0.29, 0.717) is 13.0 Å². The third kappa shape index (κ3) is 3.62. The number of halogens is 1. The summed E-state index contributed by atoms with van der Waals surface area (Å²) >= 11 is 0. The van der Waals surface area contributed by atoms with Gasteiger partial charge in [-0.3, -0.25) is 4.79 Å². The summed E-state index contributed by atoms with van der Waals surface area (Å²) in [5, 5.41) is 3.94. The zero-order valence-corrected chi connectivity index (χ0v) is 13.9. The van der Waals surface area contributed by atoms with Gasteiger partial charge in [0, 0.05) is 23.0 Å². The Labute approximate surface area is 136 Å². The molecule has 0 unspecified atom stereocenters. The monoisotopic (exact) mass is 322 g/mol. The third-order valence-corrected chi connectivity index (χ3v) is 3.96. The number of furan rings is 1. The van der Waals surface area contributed by atoms with E-state index >= 15 is 0 Å². The van der Waals surface area contributed by atoms with Gasteiger partial charge in [-0.05, 0) is 56.4 Å². The van der Waals surface area contributed by atoms with E-state index in [-0.39, 0.29) is 18.3 Å². The summed E-state index contributed by atoms with van der Waals surface area (Å²) in [5.41, 5.74) is 10.1. The fourth-order valence-electron chi connectivity index (χ4n) is 2.85. The van der Waals surface area contributed by atoms with Crippen molar-refractivity contribution in [1.29, 1.82) is 0 Å². The first-order valence-electron chi connectivity index (χ1n) is 7.50. The van der Waals surface area contributed by atoms with Crippen molar-refractivity contribution in [2.75, 3.05) is 6.54 Å². The van der Waals surface area contributed by atoms with Gasteiger partial charge in [0.25, 0.3) is 0 Å². The van der Waals surface area contributed by atoms with Crippen LogP contribution in [0, 0.1) is 0 Å². The number of benzene rings is 1. The minimum absolute atomic E-state index is 0. The largest absolute Gasteiger partial charge is 0.464 e. The Morgan fingerprint density at radius 1 is 1.32 bits per heavy atom. The summed E-state index contributed by atoms with van der Waals surface area (Å²) in [5.74, 6) is -0.0169. The van der Waals surface area contributed by atoms with E-state index in [2.05, 4.69) is 17.4 Å². The van der Waals surface area contributed by atoms with Crippen molar-refractivity contribution >= 4 is 29.3 Å². The molecule has 0 fully saturated rings. The van der Waals surface area contributed by atoms with Gasteiger partial charge in [-0.1, -0.05) is 0 Å². The molecule has 4 nitrogen and oxygen atoms in total. The molecule has 5 heteroatoms. The number of hydrogen-bond donors (Lipinski definition) is 2. The van der Waals surface area contributed by atoms with Crippen molar-refractivity contribution < 1.29 is 9.21 Å². The van der Waals surface area contributed by atoms with Crippen LogP contribution >= 0.6 is 12.4 Å². The van der Waals surface area contributed by atoms with Crippen molar-refractivity contribution in [3.8, 4) is 0 Å². The molecular weight excluding hydrogens is 300 g/mol. The first-order valence-corrected chi connectivity index (χ1v) is 7.50. The molecule has 1 aromatic heterocycles. The Morgan fingerprint density at radius 3 is 2.68 bits per heavy atom. The highest BCUT2D eigenvalue weighted by Gasteiger charge is 2.17.